The van der Waals surface area contributed by atoms with E-state index in [1.54, 1.807) is 0 Å². The van der Waals surface area contributed by atoms with E-state index in [1.165, 1.54) is 18.0 Å². The van der Waals surface area contributed by atoms with E-state index < -0.39 is 41.0 Å². The highest BCUT2D eigenvalue weighted by molar-refractivity contribution is 6.46. The number of fused-ring (bicyclic) bond motifs is 1. The van der Waals surface area contributed by atoms with Crippen molar-refractivity contribution >= 4 is 29.3 Å². The lowest BCUT2D eigenvalue weighted by Crippen LogP contribution is -2.64. The number of Topliss-reactive ketones (excluding diaryl/α,β-unsaturated/α-hetero) is 1. The summed E-state index contributed by atoms with van der Waals surface area (Å²) in [6, 6.07) is 2.05. The molecule has 1 saturated heterocycles. The van der Waals surface area contributed by atoms with Crippen LogP contribution in [0.2, 0.25) is 0 Å². The van der Waals surface area contributed by atoms with Crippen molar-refractivity contribution in [1.82, 2.24) is 15.5 Å². The van der Waals surface area contributed by atoms with Gasteiger partial charge in [0.05, 0.1) is 13.2 Å². The molecular formula is C21H25FN4O5. The highest BCUT2D eigenvalue weighted by Crippen LogP contribution is 2.31. The van der Waals surface area contributed by atoms with Crippen LogP contribution >= 0.6 is 0 Å². The largest absolute Gasteiger partial charge is 0.365 e. The second-order valence-electron chi connectivity index (χ2n) is 7.32. The molecule has 0 bridgehead atoms. The molecular weight excluding hydrogens is 407 g/mol. The molecule has 0 aliphatic carbocycles. The Hall–Kier alpha value is -3.14. The Morgan fingerprint density at radius 2 is 2.00 bits per heavy atom. The van der Waals surface area contributed by atoms with Gasteiger partial charge in [-0.2, -0.15) is 0 Å². The number of aliphatic imine (C=N–C) groups is 1. The van der Waals surface area contributed by atoms with Gasteiger partial charge in [0.15, 0.2) is 6.04 Å². The minimum Gasteiger partial charge on any atom is -0.365 e. The van der Waals surface area contributed by atoms with Gasteiger partial charge in [0.2, 0.25) is 0 Å². The summed E-state index contributed by atoms with van der Waals surface area (Å²) in [5.74, 6) is -3.30. The minimum atomic E-state index is -1.54. The van der Waals surface area contributed by atoms with Crippen LogP contribution in [0.5, 0.6) is 0 Å². The molecule has 3 rings (SSSR count). The maximum Gasteiger partial charge on any atom is 0.298 e. The molecule has 2 N–H and O–H groups in total. The Balaban J connectivity index is 1.86. The quantitative estimate of drug-likeness (QED) is 0.504. The van der Waals surface area contributed by atoms with Crippen LogP contribution in [0.25, 0.3) is 0 Å². The van der Waals surface area contributed by atoms with Crippen molar-refractivity contribution in [3.63, 3.8) is 0 Å². The molecule has 9 nitrogen and oxygen atoms in total. The minimum absolute atomic E-state index is 0.0583. The van der Waals surface area contributed by atoms with Crippen molar-refractivity contribution in [3.05, 3.63) is 35.1 Å². The van der Waals surface area contributed by atoms with E-state index in [1.807, 2.05) is 13.8 Å². The number of morpholine rings is 1. The molecule has 3 amide bonds. The predicted molar refractivity (Wildman–Crippen MR) is 109 cm³/mol. The summed E-state index contributed by atoms with van der Waals surface area (Å²) >= 11 is 0. The lowest BCUT2D eigenvalue weighted by Gasteiger charge is -2.44. The van der Waals surface area contributed by atoms with Crippen molar-refractivity contribution in [2.75, 3.05) is 20.2 Å². The van der Waals surface area contributed by atoms with Gasteiger partial charge >= 0.3 is 0 Å². The number of halogens is 1. The molecule has 31 heavy (non-hydrogen) atoms. The molecule has 2 heterocycles. The standard InChI is InChI=1S/C21H25FN4O5/c1-4-21(5-2)20-25-15(16(27)19(30)26(20)8-9-31-21)18(29)24-11-12-6-7-13(22)10-14(12)17(28)23-3/h6-7,10,15H,4-5,8-9,11H2,1-3H3,(H,23,28)(H,24,29). The average molecular weight is 432 g/mol. The van der Waals surface area contributed by atoms with E-state index in [0.717, 1.165) is 12.1 Å². The van der Waals surface area contributed by atoms with Crippen molar-refractivity contribution in [2.45, 2.75) is 44.9 Å². The molecule has 0 spiro atoms. The van der Waals surface area contributed by atoms with Gasteiger partial charge in [-0.15, -0.1) is 0 Å². The van der Waals surface area contributed by atoms with Gasteiger partial charge in [0.1, 0.15) is 17.3 Å². The second kappa shape index (κ2) is 8.93. The third-order valence-corrected chi connectivity index (χ3v) is 5.70. The maximum absolute atomic E-state index is 13.5. The lowest BCUT2D eigenvalue weighted by atomic mass is 9.90. The Morgan fingerprint density at radius 3 is 2.65 bits per heavy atom. The zero-order valence-electron chi connectivity index (χ0n) is 17.7. The molecule has 1 aromatic rings. The maximum atomic E-state index is 13.5. The molecule has 1 unspecified atom stereocenters. The number of carbonyl (C=O) groups is 4. The topological polar surface area (TPSA) is 117 Å². The van der Waals surface area contributed by atoms with Crippen molar-refractivity contribution in [2.24, 2.45) is 4.99 Å². The highest BCUT2D eigenvalue weighted by atomic mass is 19.1. The smallest absolute Gasteiger partial charge is 0.298 e. The molecule has 166 valence electrons. The Labute approximate surface area is 179 Å². The van der Waals surface area contributed by atoms with Gasteiger partial charge in [-0.1, -0.05) is 19.9 Å². The summed E-state index contributed by atoms with van der Waals surface area (Å²) in [6.07, 6.45) is 1.05. The van der Waals surface area contributed by atoms with Gasteiger partial charge < -0.3 is 15.4 Å². The number of ketones is 1. The third kappa shape index (κ3) is 4.07. The normalized spacial score (nSPS) is 20.1. The zero-order valence-corrected chi connectivity index (χ0v) is 17.7. The summed E-state index contributed by atoms with van der Waals surface area (Å²) in [7, 11) is 1.41. The molecule has 1 aromatic carbocycles. The first-order chi connectivity index (χ1) is 14.8. The first-order valence-electron chi connectivity index (χ1n) is 10.1. The average Bonchev–Trinajstić information content (AvgIpc) is 2.79. The van der Waals surface area contributed by atoms with Crippen LogP contribution in [0.3, 0.4) is 0 Å². The summed E-state index contributed by atoms with van der Waals surface area (Å²) in [4.78, 5) is 55.6. The lowest BCUT2D eigenvalue weighted by molar-refractivity contribution is -0.149. The number of nitrogens with one attached hydrogen (secondary N) is 2. The predicted octanol–water partition coefficient (Wildman–Crippen LogP) is 0.569. The number of benzene rings is 1. The van der Waals surface area contributed by atoms with Crippen molar-refractivity contribution in [1.29, 1.82) is 0 Å². The molecule has 0 aromatic heterocycles. The summed E-state index contributed by atoms with van der Waals surface area (Å²) in [5.41, 5.74) is -0.422. The molecule has 10 heteroatoms. The van der Waals surface area contributed by atoms with Gasteiger partial charge in [-0.3, -0.25) is 24.1 Å². The second-order valence-corrected chi connectivity index (χ2v) is 7.32. The van der Waals surface area contributed by atoms with Gasteiger partial charge in [-0.25, -0.2) is 9.38 Å². The number of hydrogen-bond acceptors (Lipinski definition) is 6. The van der Waals surface area contributed by atoms with Crippen LogP contribution in [0, 0.1) is 5.82 Å². The van der Waals surface area contributed by atoms with E-state index in [-0.39, 0.29) is 25.3 Å². The molecule has 2 aliphatic heterocycles. The molecule has 0 saturated carbocycles. The van der Waals surface area contributed by atoms with Gasteiger partial charge in [-0.05, 0) is 30.5 Å². The number of hydrogen-bond donors (Lipinski definition) is 2. The van der Waals surface area contributed by atoms with Crippen LogP contribution in [0.1, 0.15) is 42.6 Å². The third-order valence-electron chi connectivity index (χ3n) is 5.70. The molecule has 2 aliphatic rings. The van der Waals surface area contributed by atoms with E-state index in [2.05, 4.69) is 15.6 Å². The molecule has 1 atom stereocenters. The number of rotatable bonds is 6. The van der Waals surface area contributed by atoms with Crippen LogP contribution in [-0.2, 0) is 25.7 Å². The Kier molecular flexibility index (Phi) is 6.49. The monoisotopic (exact) mass is 432 g/mol. The first-order valence-corrected chi connectivity index (χ1v) is 10.1. The number of amides is 3. The van der Waals surface area contributed by atoms with Crippen molar-refractivity contribution < 1.29 is 28.3 Å². The van der Waals surface area contributed by atoms with Crippen LogP contribution < -0.4 is 10.6 Å². The summed E-state index contributed by atoms with van der Waals surface area (Å²) in [6.45, 7) is 4.12. The number of carbonyl (C=O) groups excluding carboxylic acids is 4. The molecule has 0 radical (unpaired) electrons. The SMILES string of the molecule is CCC1(CC)OCCN2C(=O)C(=O)C(C(=O)NCc3ccc(F)cc3C(=O)NC)N=C21. The molecule has 1 fully saturated rings. The number of amidine groups is 1. The van der Waals surface area contributed by atoms with Crippen LogP contribution in [-0.4, -0.2) is 66.1 Å². The Bertz CT molecular complexity index is 957. The number of nitrogens with zero attached hydrogens (tertiary/aromatic N) is 2. The fourth-order valence-corrected chi connectivity index (χ4v) is 3.84. The van der Waals surface area contributed by atoms with E-state index >= 15 is 0 Å². The zero-order chi connectivity index (χ0) is 22.8. The number of ether oxygens (including phenoxy) is 1. The van der Waals surface area contributed by atoms with Crippen LogP contribution in [0.4, 0.5) is 4.39 Å². The van der Waals surface area contributed by atoms with Crippen LogP contribution in [0.15, 0.2) is 23.2 Å². The van der Waals surface area contributed by atoms with E-state index in [0.29, 0.717) is 24.2 Å². The van der Waals surface area contributed by atoms with Gasteiger partial charge in [0.25, 0.3) is 23.5 Å². The summed E-state index contributed by atoms with van der Waals surface area (Å²) < 4.78 is 19.4. The highest BCUT2D eigenvalue weighted by Gasteiger charge is 2.49. The van der Waals surface area contributed by atoms with Crippen molar-refractivity contribution in [3.8, 4) is 0 Å². The first kappa shape index (κ1) is 22.5. The Morgan fingerprint density at radius 1 is 1.29 bits per heavy atom. The van der Waals surface area contributed by atoms with Gasteiger partial charge in [0, 0.05) is 19.2 Å². The fraction of sp³-hybridized carbons (Fsp3) is 0.476. The summed E-state index contributed by atoms with van der Waals surface area (Å²) in [5, 5.41) is 4.94. The van der Waals surface area contributed by atoms with E-state index in [4.69, 9.17) is 4.74 Å². The van der Waals surface area contributed by atoms with E-state index in [9.17, 15) is 23.6 Å². The fourth-order valence-electron chi connectivity index (χ4n) is 3.84.